The highest BCUT2D eigenvalue weighted by Gasteiger charge is 2.12. The Bertz CT molecular complexity index is 649. The molecule has 2 aromatic rings. The van der Waals surface area contributed by atoms with Crippen LogP contribution >= 0.6 is 72.7 Å². The van der Waals surface area contributed by atoms with Gasteiger partial charge in [0, 0.05) is 11.6 Å². The van der Waals surface area contributed by atoms with E-state index >= 15 is 0 Å². The van der Waals surface area contributed by atoms with Gasteiger partial charge in [0.1, 0.15) is 0 Å². The molecule has 0 heterocycles. The molecule has 0 aliphatic heterocycles. The van der Waals surface area contributed by atoms with Crippen molar-refractivity contribution in [2.24, 2.45) is 0 Å². The number of benzene rings is 2. The van der Waals surface area contributed by atoms with Gasteiger partial charge in [0.15, 0.2) is 0 Å². The largest absolute Gasteiger partial charge is 0.321 e. The highest BCUT2D eigenvalue weighted by atomic mass is 127. The van der Waals surface area contributed by atoms with E-state index in [4.69, 9.17) is 11.6 Å². The maximum Gasteiger partial charge on any atom is 0.257 e. The second-order valence-electron chi connectivity index (χ2n) is 3.70. The monoisotopic (exact) mass is 561 g/mol. The molecule has 0 aliphatic carbocycles. The zero-order valence-electron chi connectivity index (χ0n) is 9.38. The lowest BCUT2D eigenvalue weighted by Gasteiger charge is -2.09. The molecule has 98 valence electrons. The molecule has 2 rings (SSSR count). The average molecular weight is 562 g/mol. The highest BCUT2D eigenvalue weighted by Crippen LogP contribution is 2.25. The van der Waals surface area contributed by atoms with Gasteiger partial charge in [-0.1, -0.05) is 27.5 Å². The lowest BCUT2D eigenvalue weighted by atomic mass is 10.2. The lowest BCUT2D eigenvalue weighted by molar-refractivity contribution is 0.102. The number of halogens is 4. The molecule has 1 amide bonds. The summed E-state index contributed by atoms with van der Waals surface area (Å²) in [5.74, 6) is -0.205. The van der Waals surface area contributed by atoms with Crippen molar-refractivity contribution in [2.45, 2.75) is 0 Å². The van der Waals surface area contributed by atoms with Crippen LogP contribution in [0.5, 0.6) is 0 Å². The zero-order chi connectivity index (χ0) is 14.0. The van der Waals surface area contributed by atoms with Crippen molar-refractivity contribution in [3.8, 4) is 0 Å². The van der Waals surface area contributed by atoms with Crippen LogP contribution in [0.15, 0.2) is 40.9 Å². The maximum absolute atomic E-state index is 12.2. The topological polar surface area (TPSA) is 29.1 Å². The summed E-state index contributed by atoms with van der Waals surface area (Å²) in [7, 11) is 0. The number of hydrogen-bond acceptors (Lipinski definition) is 1. The van der Waals surface area contributed by atoms with Gasteiger partial charge in [-0.3, -0.25) is 4.79 Å². The zero-order valence-corrected chi connectivity index (χ0v) is 16.0. The van der Waals surface area contributed by atoms with Crippen LogP contribution in [0.3, 0.4) is 0 Å². The number of rotatable bonds is 2. The van der Waals surface area contributed by atoms with Gasteiger partial charge in [-0.15, -0.1) is 0 Å². The fourth-order valence-electron chi connectivity index (χ4n) is 1.45. The van der Waals surface area contributed by atoms with Crippen LogP contribution in [-0.2, 0) is 0 Å². The summed E-state index contributed by atoms with van der Waals surface area (Å²) in [4.78, 5) is 12.2. The molecule has 0 spiro atoms. The number of carbonyl (C=O) groups is 1. The van der Waals surface area contributed by atoms with E-state index in [0.29, 0.717) is 10.6 Å². The molecule has 0 saturated heterocycles. The van der Waals surface area contributed by atoms with Gasteiger partial charge in [-0.2, -0.15) is 0 Å². The smallest absolute Gasteiger partial charge is 0.257 e. The van der Waals surface area contributed by atoms with Crippen molar-refractivity contribution in [1.29, 1.82) is 0 Å². The lowest BCUT2D eigenvalue weighted by Crippen LogP contribution is -2.13. The molecule has 0 saturated carbocycles. The highest BCUT2D eigenvalue weighted by molar-refractivity contribution is 14.1. The summed E-state index contributed by atoms with van der Waals surface area (Å²) < 4.78 is 2.90. The van der Waals surface area contributed by atoms with Crippen molar-refractivity contribution in [1.82, 2.24) is 0 Å². The van der Waals surface area contributed by atoms with Crippen molar-refractivity contribution in [3.05, 3.63) is 58.6 Å². The first-order chi connectivity index (χ1) is 8.97. The van der Waals surface area contributed by atoms with Crippen LogP contribution in [0.2, 0.25) is 5.02 Å². The van der Waals surface area contributed by atoms with Gasteiger partial charge >= 0.3 is 0 Å². The van der Waals surface area contributed by atoms with Crippen LogP contribution in [0.25, 0.3) is 0 Å². The van der Waals surface area contributed by atoms with Crippen LogP contribution < -0.4 is 5.32 Å². The molecule has 19 heavy (non-hydrogen) atoms. The number of nitrogens with one attached hydrogen (secondary N) is 1. The molecular weight excluding hydrogens is 555 g/mol. The second-order valence-corrected chi connectivity index (χ2v) is 7.43. The van der Waals surface area contributed by atoms with E-state index in [1.807, 2.05) is 24.3 Å². The van der Waals surface area contributed by atoms with Gasteiger partial charge in [-0.25, -0.2) is 0 Å². The van der Waals surface area contributed by atoms with Crippen molar-refractivity contribution in [3.63, 3.8) is 0 Å². The Labute approximate surface area is 151 Å². The van der Waals surface area contributed by atoms with Gasteiger partial charge < -0.3 is 5.32 Å². The third-order valence-electron chi connectivity index (χ3n) is 2.35. The van der Waals surface area contributed by atoms with E-state index in [2.05, 4.69) is 66.4 Å². The van der Waals surface area contributed by atoms with Crippen LogP contribution in [0.4, 0.5) is 5.69 Å². The summed E-state index contributed by atoms with van der Waals surface area (Å²) in [6.07, 6.45) is 0. The van der Waals surface area contributed by atoms with E-state index in [1.54, 1.807) is 12.1 Å². The predicted molar refractivity (Wildman–Crippen MR) is 99.0 cm³/mol. The Morgan fingerprint density at radius 1 is 1.16 bits per heavy atom. The SMILES string of the molecule is O=C(Nc1ccc(Br)cc1I)c1cc(I)ccc1Cl. The Morgan fingerprint density at radius 2 is 1.89 bits per heavy atom. The minimum Gasteiger partial charge on any atom is -0.321 e. The fraction of sp³-hybridized carbons (Fsp3) is 0. The Balaban J connectivity index is 2.28. The Morgan fingerprint density at radius 3 is 2.58 bits per heavy atom. The van der Waals surface area contributed by atoms with Crippen molar-refractivity contribution in [2.75, 3.05) is 5.32 Å². The van der Waals surface area contributed by atoms with Gasteiger partial charge in [0.05, 0.1) is 16.3 Å². The third kappa shape index (κ3) is 4.05. The normalized spacial score (nSPS) is 10.3. The fourth-order valence-corrected chi connectivity index (χ4v) is 3.59. The molecule has 0 radical (unpaired) electrons. The minimum absolute atomic E-state index is 0.205. The number of amides is 1. The minimum atomic E-state index is -0.205. The predicted octanol–water partition coefficient (Wildman–Crippen LogP) is 5.56. The van der Waals surface area contributed by atoms with Gasteiger partial charge in [0.2, 0.25) is 0 Å². The standard InChI is InChI=1S/C13H7BrClI2NO/c14-7-1-4-12(11(17)5-7)18-13(19)9-6-8(16)2-3-10(9)15/h1-6H,(H,18,19). The first-order valence-corrected chi connectivity index (χ1v) is 8.51. The first kappa shape index (κ1) is 15.5. The van der Waals surface area contributed by atoms with E-state index in [-0.39, 0.29) is 5.91 Å². The van der Waals surface area contributed by atoms with E-state index in [0.717, 1.165) is 17.3 Å². The van der Waals surface area contributed by atoms with Crippen molar-refractivity contribution >= 4 is 84.3 Å². The molecule has 0 atom stereocenters. The summed E-state index contributed by atoms with van der Waals surface area (Å²) in [6, 6.07) is 11.0. The molecule has 0 fully saturated rings. The van der Waals surface area contributed by atoms with E-state index in [9.17, 15) is 4.79 Å². The molecule has 2 nitrogen and oxygen atoms in total. The second kappa shape index (κ2) is 6.73. The molecule has 0 bridgehead atoms. The molecular formula is C13H7BrClI2NO. The van der Waals surface area contributed by atoms with E-state index < -0.39 is 0 Å². The molecule has 1 N–H and O–H groups in total. The molecule has 6 heteroatoms. The molecule has 2 aromatic carbocycles. The molecule has 0 aliphatic rings. The first-order valence-electron chi connectivity index (χ1n) is 5.19. The van der Waals surface area contributed by atoms with Gasteiger partial charge in [0.25, 0.3) is 5.91 Å². The summed E-state index contributed by atoms with van der Waals surface area (Å²) >= 11 is 13.8. The summed E-state index contributed by atoms with van der Waals surface area (Å²) in [6.45, 7) is 0. The Kier molecular flexibility index (Phi) is 5.50. The molecule has 0 unspecified atom stereocenters. The summed E-state index contributed by atoms with van der Waals surface area (Å²) in [5.41, 5.74) is 1.25. The van der Waals surface area contributed by atoms with Crippen LogP contribution in [0, 0.1) is 7.14 Å². The number of carbonyl (C=O) groups excluding carboxylic acids is 1. The average Bonchev–Trinajstić information content (AvgIpc) is 2.35. The number of anilines is 1. The maximum atomic E-state index is 12.2. The Hall–Kier alpha value is 0.140. The quantitative estimate of drug-likeness (QED) is 0.478. The number of hydrogen-bond donors (Lipinski definition) is 1. The van der Waals surface area contributed by atoms with E-state index in [1.165, 1.54) is 0 Å². The summed E-state index contributed by atoms with van der Waals surface area (Å²) in [5, 5.41) is 3.32. The van der Waals surface area contributed by atoms with Crippen molar-refractivity contribution < 1.29 is 4.79 Å². The van der Waals surface area contributed by atoms with Crippen LogP contribution in [0.1, 0.15) is 10.4 Å². The third-order valence-corrected chi connectivity index (χ3v) is 4.74. The molecule has 0 aromatic heterocycles. The van der Waals surface area contributed by atoms with Crippen LogP contribution in [-0.4, -0.2) is 5.91 Å². The van der Waals surface area contributed by atoms with Gasteiger partial charge in [-0.05, 0) is 81.6 Å².